The molecule has 1 aliphatic rings. The predicted molar refractivity (Wildman–Crippen MR) is 98.1 cm³/mol. The first kappa shape index (κ1) is 18.5. The molecule has 0 atom stereocenters. The molecule has 0 aliphatic heterocycles. The quantitative estimate of drug-likeness (QED) is 0.767. The predicted octanol–water partition coefficient (Wildman–Crippen LogP) is 2.79. The van der Waals surface area contributed by atoms with Gasteiger partial charge in [0.25, 0.3) is 0 Å². The second-order valence-electron chi connectivity index (χ2n) is 6.99. The number of hydrogen-bond acceptors (Lipinski definition) is 6. The number of pyridine rings is 1. The summed E-state index contributed by atoms with van der Waals surface area (Å²) >= 11 is 0. The lowest BCUT2D eigenvalue weighted by Gasteiger charge is -2.18. The largest absolute Gasteiger partial charge is 0.353 e. The Morgan fingerprint density at radius 3 is 2.69 bits per heavy atom. The van der Waals surface area contributed by atoms with Crippen molar-refractivity contribution in [2.24, 2.45) is 0 Å². The van der Waals surface area contributed by atoms with Crippen molar-refractivity contribution in [2.75, 3.05) is 13.6 Å². The smallest absolute Gasteiger partial charge is 0.241 e. The van der Waals surface area contributed by atoms with Crippen molar-refractivity contribution < 1.29 is 9.32 Å². The third-order valence-electron chi connectivity index (χ3n) is 4.75. The van der Waals surface area contributed by atoms with Crippen molar-refractivity contribution in [1.82, 2.24) is 25.3 Å². The summed E-state index contributed by atoms with van der Waals surface area (Å²) in [5, 5.41) is 7.18. The highest BCUT2D eigenvalue weighted by molar-refractivity contribution is 5.76. The van der Waals surface area contributed by atoms with E-state index in [2.05, 4.69) is 20.4 Å². The van der Waals surface area contributed by atoms with Gasteiger partial charge in [-0.25, -0.2) is 0 Å². The van der Waals surface area contributed by atoms with Crippen LogP contribution in [0.1, 0.15) is 50.8 Å². The summed E-state index contributed by atoms with van der Waals surface area (Å²) in [6.45, 7) is 1.18. The zero-order valence-corrected chi connectivity index (χ0v) is 15.4. The molecule has 2 aromatic rings. The van der Waals surface area contributed by atoms with Crippen molar-refractivity contribution in [3.63, 3.8) is 0 Å². The number of amides is 1. The Kier molecular flexibility index (Phi) is 6.71. The molecule has 26 heavy (non-hydrogen) atoms. The molecule has 0 unspecified atom stereocenters. The lowest BCUT2D eigenvalue weighted by molar-refractivity contribution is -0.122. The lowest BCUT2D eigenvalue weighted by atomic mass is 10.1. The van der Waals surface area contributed by atoms with Crippen LogP contribution in [0.25, 0.3) is 11.4 Å². The van der Waals surface area contributed by atoms with Crippen molar-refractivity contribution in [3.8, 4) is 11.4 Å². The molecule has 2 heterocycles. The van der Waals surface area contributed by atoms with Gasteiger partial charge < -0.3 is 9.84 Å². The van der Waals surface area contributed by atoms with Crippen molar-refractivity contribution in [1.29, 1.82) is 0 Å². The minimum atomic E-state index is 0.131. The van der Waals surface area contributed by atoms with Gasteiger partial charge in [-0.05, 0) is 32.0 Å². The number of carbonyl (C=O) groups excluding carboxylic acids is 1. The van der Waals surface area contributed by atoms with Crippen molar-refractivity contribution >= 4 is 5.91 Å². The van der Waals surface area contributed by atoms with Crippen LogP contribution in [-0.2, 0) is 11.3 Å². The van der Waals surface area contributed by atoms with Gasteiger partial charge in [0.05, 0.1) is 6.54 Å². The molecule has 0 saturated heterocycles. The second-order valence-corrected chi connectivity index (χ2v) is 6.99. The SMILES string of the molecule is CN(CCC(=O)NC1CCCCCC1)Cc1nc(-c2ccncc2)no1. The van der Waals surface area contributed by atoms with E-state index in [1.54, 1.807) is 12.4 Å². The first-order chi connectivity index (χ1) is 12.7. The van der Waals surface area contributed by atoms with Gasteiger partial charge in [-0.3, -0.25) is 14.7 Å². The standard InChI is InChI=1S/C19H27N5O2/c1-24(13-10-17(25)21-16-6-4-2-3-5-7-16)14-18-22-19(23-26-18)15-8-11-20-12-9-15/h8-9,11-12,16H,2-7,10,13-14H2,1H3,(H,21,25). The molecule has 2 aromatic heterocycles. The average Bonchev–Trinajstić information content (AvgIpc) is 2.96. The van der Waals surface area contributed by atoms with E-state index in [1.807, 2.05) is 24.1 Å². The highest BCUT2D eigenvalue weighted by atomic mass is 16.5. The molecule has 3 rings (SSSR count). The zero-order chi connectivity index (χ0) is 18.2. The van der Waals surface area contributed by atoms with Crippen LogP contribution < -0.4 is 5.32 Å². The number of hydrogen-bond donors (Lipinski definition) is 1. The van der Waals surface area contributed by atoms with Crippen LogP contribution in [0.2, 0.25) is 0 Å². The van der Waals surface area contributed by atoms with E-state index in [-0.39, 0.29) is 5.91 Å². The maximum absolute atomic E-state index is 12.2. The van der Waals surface area contributed by atoms with E-state index in [1.165, 1.54) is 25.7 Å². The Labute approximate surface area is 154 Å². The molecule has 140 valence electrons. The normalized spacial score (nSPS) is 15.8. The van der Waals surface area contributed by atoms with Crippen LogP contribution >= 0.6 is 0 Å². The summed E-state index contributed by atoms with van der Waals surface area (Å²) in [6.07, 6.45) is 11.1. The second kappa shape index (κ2) is 9.43. The Bertz CT molecular complexity index is 680. The summed E-state index contributed by atoms with van der Waals surface area (Å²) < 4.78 is 5.31. The fraction of sp³-hybridized carbons (Fsp3) is 0.579. The van der Waals surface area contributed by atoms with E-state index in [9.17, 15) is 4.79 Å². The fourth-order valence-corrected chi connectivity index (χ4v) is 3.26. The Balaban J connectivity index is 1.42. The number of nitrogens with one attached hydrogen (secondary N) is 1. The third-order valence-corrected chi connectivity index (χ3v) is 4.75. The Morgan fingerprint density at radius 1 is 1.23 bits per heavy atom. The molecule has 1 aliphatic carbocycles. The Hall–Kier alpha value is -2.28. The highest BCUT2D eigenvalue weighted by Crippen LogP contribution is 2.17. The monoisotopic (exact) mass is 357 g/mol. The summed E-state index contributed by atoms with van der Waals surface area (Å²) in [6, 6.07) is 4.04. The lowest BCUT2D eigenvalue weighted by Crippen LogP contribution is -2.36. The van der Waals surface area contributed by atoms with E-state index in [4.69, 9.17) is 4.52 Å². The molecule has 7 nitrogen and oxygen atoms in total. The first-order valence-corrected chi connectivity index (χ1v) is 9.41. The highest BCUT2D eigenvalue weighted by Gasteiger charge is 2.16. The number of carbonyl (C=O) groups is 1. The molecule has 0 aromatic carbocycles. The van der Waals surface area contributed by atoms with Crippen molar-refractivity contribution in [3.05, 3.63) is 30.4 Å². The molecule has 1 fully saturated rings. The van der Waals surface area contributed by atoms with Crippen LogP contribution in [0.15, 0.2) is 29.0 Å². The number of rotatable bonds is 7. The van der Waals surface area contributed by atoms with Crippen LogP contribution in [0, 0.1) is 0 Å². The maximum atomic E-state index is 12.2. The third kappa shape index (κ3) is 5.62. The molecular weight excluding hydrogens is 330 g/mol. The van der Waals surface area contributed by atoms with E-state index in [0.717, 1.165) is 18.4 Å². The summed E-state index contributed by atoms with van der Waals surface area (Å²) in [5.41, 5.74) is 0.875. The van der Waals surface area contributed by atoms with E-state index in [0.29, 0.717) is 37.3 Å². The van der Waals surface area contributed by atoms with Gasteiger partial charge in [-0.1, -0.05) is 30.8 Å². The molecule has 1 N–H and O–H groups in total. The van der Waals surface area contributed by atoms with Crippen LogP contribution in [0.4, 0.5) is 0 Å². The van der Waals surface area contributed by atoms with Gasteiger partial charge >= 0.3 is 0 Å². The van der Waals surface area contributed by atoms with Gasteiger partial charge in [0.2, 0.25) is 17.6 Å². The Morgan fingerprint density at radius 2 is 1.96 bits per heavy atom. The van der Waals surface area contributed by atoms with Gasteiger partial charge in [0.1, 0.15) is 0 Å². The molecule has 7 heteroatoms. The molecular formula is C19H27N5O2. The summed E-state index contributed by atoms with van der Waals surface area (Å²) in [4.78, 5) is 22.6. The maximum Gasteiger partial charge on any atom is 0.241 e. The fourth-order valence-electron chi connectivity index (χ4n) is 3.26. The zero-order valence-electron chi connectivity index (χ0n) is 15.4. The minimum Gasteiger partial charge on any atom is -0.353 e. The van der Waals surface area contributed by atoms with Crippen molar-refractivity contribution in [2.45, 2.75) is 57.5 Å². The number of nitrogens with zero attached hydrogens (tertiary/aromatic N) is 4. The first-order valence-electron chi connectivity index (χ1n) is 9.41. The van der Waals surface area contributed by atoms with E-state index >= 15 is 0 Å². The topological polar surface area (TPSA) is 84.2 Å². The van der Waals surface area contributed by atoms with Crippen LogP contribution in [0.3, 0.4) is 0 Å². The average molecular weight is 357 g/mol. The van der Waals surface area contributed by atoms with E-state index < -0.39 is 0 Å². The van der Waals surface area contributed by atoms with Gasteiger partial charge in [0.15, 0.2) is 0 Å². The molecule has 1 amide bonds. The molecule has 0 spiro atoms. The van der Waals surface area contributed by atoms with Crippen LogP contribution in [-0.4, -0.2) is 45.6 Å². The summed E-state index contributed by atoms with van der Waals surface area (Å²) in [7, 11) is 1.95. The molecule has 0 bridgehead atoms. The number of aromatic nitrogens is 3. The van der Waals surface area contributed by atoms with Gasteiger partial charge in [-0.15, -0.1) is 0 Å². The van der Waals surface area contributed by atoms with Gasteiger partial charge in [0, 0.05) is 37.0 Å². The molecule has 0 radical (unpaired) electrons. The van der Waals surface area contributed by atoms with Gasteiger partial charge in [-0.2, -0.15) is 4.98 Å². The minimum absolute atomic E-state index is 0.131. The molecule has 1 saturated carbocycles. The summed E-state index contributed by atoms with van der Waals surface area (Å²) in [5.74, 6) is 1.23. The van der Waals surface area contributed by atoms with Crippen LogP contribution in [0.5, 0.6) is 0 Å².